The number of hydrogen-bond donors (Lipinski definition) is 2. The molecule has 0 aliphatic heterocycles. The van der Waals surface area contributed by atoms with Crippen molar-refractivity contribution < 1.29 is 4.79 Å². The molecular formula is C8H16N2O. The van der Waals surface area contributed by atoms with Gasteiger partial charge in [0.25, 0.3) is 0 Å². The van der Waals surface area contributed by atoms with Gasteiger partial charge in [-0.25, -0.2) is 0 Å². The van der Waals surface area contributed by atoms with E-state index in [4.69, 9.17) is 11.5 Å². The van der Waals surface area contributed by atoms with Crippen molar-refractivity contribution in [1.29, 1.82) is 0 Å². The minimum absolute atomic E-state index is 0.165. The summed E-state index contributed by atoms with van der Waals surface area (Å²) in [6.07, 6.45) is 4.77. The maximum absolute atomic E-state index is 10.2. The molecule has 0 aromatic carbocycles. The van der Waals surface area contributed by atoms with Gasteiger partial charge < -0.3 is 11.5 Å². The van der Waals surface area contributed by atoms with Crippen LogP contribution < -0.4 is 11.5 Å². The van der Waals surface area contributed by atoms with Crippen molar-refractivity contribution in [3.05, 3.63) is 12.2 Å². The Labute approximate surface area is 67.4 Å². The zero-order chi connectivity index (χ0) is 8.91. The van der Waals surface area contributed by atoms with Crippen LogP contribution in [0.3, 0.4) is 0 Å². The monoisotopic (exact) mass is 156 g/mol. The first-order chi connectivity index (χ1) is 4.92. The lowest BCUT2D eigenvalue weighted by molar-refractivity contribution is -0.113. The summed E-state index contributed by atoms with van der Waals surface area (Å²) in [7, 11) is 0. The number of amides is 1. The molecule has 64 valence electrons. The molecule has 0 unspecified atom stereocenters. The van der Waals surface area contributed by atoms with Crippen molar-refractivity contribution in [2.75, 3.05) is 0 Å². The van der Waals surface area contributed by atoms with Crippen molar-refractivity contribution in [2.24, 2.45) is 11.5 Å². The molecule has 11 heavy (non-hydrogen) atoms. The molecule has 0 bridgehead atoms. The molecule has 4 N–H and O–H groups in total. The molecular weight excluding hydrogens is 140 g/mol. The molecule has 0 saturated carbocycles. The van der Waals surface area contributed by atoms with Crippen molar-refractivity contribution in [1.82, 2.24) is 0 Å². The van der Waals surface area contributed by atoms with Gasteiger partial charge in [0.15, 0.2) is 0 Å². The molecule has 0 radical (unpaired) electrons. The Morgan fingerprint density at radius 3 is 2.45 bits per heavy atom. The minimum Gasteiger partial charge on any atom is -0.366 e. The number of nitrogens with two attached hydrogens (primary N) is 2. The number of rotatable bonds is 4. The molecule has 0 aromatic heterocycles. The van der Waals surface area contributed by atoms with Gasteiger partial charge in [-0.05, 0) is 32.8 Å². The van der Waals surface area contributed by atoms with Gasteiger partial charge in [-0.3, -0.25) is 4.79 Å². The summed E-state index contributed by atoms with van der Waals surface area (Å²) in [5, 5.41) is 0. The van der Waals surface area contributed by atoms with Crippen LogP contribution in [0.4, 0.5) is 0 Å². The van der Waals surface area contributed by atoms with Crippen LogP contribution in [-0.2, 0) is 4.79 Å². The number of allylic oxidation sites excluding steroid dienone is 1. The van der Waals surface area contributed by atoms with Crippen LogP contribution in [0.25, 0.3) is 0 Å². The molecule has 1 amide bonds. The van der Waals surface area contributed by atoms with Crippen LogP contribution in [0.15, 0.2) is 12.2 Å². The third-order valence-corrected chi connectivity index (χ3v) is 1.24. The van der Waals surface area contributed by atoms with Gasteiger partial charge in [0, 0.05) is 5.54 Å². The summed E-state index contributed by atoms with van der Waals surface area (Å²) in [6.45, 7) is 3.90. The topological polar surface area (TPSA) is 69.1 Å². The molecule has 3 nitrogen and oxygen atoms in total. The average molecular weight is 156 g/mol. The Kier molecular flexibility index (Phi) is 3.82. The van der Waals surface area contributed by atoms with Gasteiger partial charge in [-0.1, -0.05) is 6.08 Å². The fourth-order valence-corrected chi connectivity index (χ4v) is 0.655. The number of carbonyl (C=O) groups is 1. The van der Waals surface area contributed by atoms with E-state index in [1.54, 1.807) is 6.08 Å². The van der Waals surface area contributed by atoms with E-state index < -0.39 is 5.91 Å². The molecule has 0 atom stereocenters. The second kappa shape index (κ2) is 4.13. The van der Waals surface area contributed by atoms with Gasteiger partial charge in [-0.15, -0.1) is 0 Å². The molecule has 0 fully saturated rings. The summed E-state index contributed by atoms with van der Waals surface area (Å²) in [4.78, 5) is 10.2. The maximum atomic E-state index is 10.2. The average Bonchev–Trinajstić information content (AvgIpc) is 1.78. The predicted molar refractivity (Wildman–Crippen MR) is 45.8 cm³/mol. The third kappa shape index (κ3) is 9.17. The van der Waals surface area contributed by atoms with Crippen molar-refractivity contribution in [3.63, 3.8) is 0 Å². The molecule has 0 aliphatic carbocycles. The minimum atomic E-state index is -0.403. The van der Waals surface area contributed by atoms with Gasteiger partial charge in [-0.2, -0.15) is 0 Å². The van der Waals surface area contributed by atoms with Crippen molar-refractivity contribution in [3.8, 4) is 0 Å². The quantitative estimate of drug-likeness (QED) is 0.583. The fourth-order valence-electron chi connectivity index (χ4n) is 0.655. The van der Waals surface area contributed by atoms with Crippen LogP contribution >= 0.6 is 0 Å². The number of carbonyl (C=O) groups excluding carboxylic acids is 1. The first kappa shape index (κ1) is 10.2. The lowest BCUT2D eigenvalue weighted by Crippen LogP contribution is -2.31. The largest absolute Gasteiger partial charge is 0.366 e. The highest BCUT2D eigenvalue weighted by molar-refractivity contribution is 5.85. The van der Waals surface area contributed by atoms with Gasteiger partial charge in [0.05, 0.1) is 0 Å². The van der Waals surface area contributed by atoms with Gasteiger partial charge in [0.2, 0.25) is 5.91 Å². The Hall–Kier alpha value is -0.830. The van der Waals surface area contributed by atoms with Crippen LogP contribution in [0.1, 0.15) is 26.7 Å². The smallest absolute Gasteiger partial charge is 0.241 e. The second-order valence-electron chi connectivity index (χ2n) is 3.33. The summed E-state index contributed by atoms with van der Waals surface area (Å²) >= 11 is 0. The van der Waals surface area contributed by atoms with E-state index >= 15 is 0 Å². The number of hydrogen-bond acceptors (Lipinski definition) is 2. The first-order valence-corrected chi connectivity index (χ1v) is 3.67. The Morgan fingerprint density at radius 2 is 2.09 bits per heavy atom. The third-order valence-electron chi connectivity index (χ3n) is 1.24. The maximum Gasteiger partial charge on any atom is 0.241 e. The van der Waals surface area contributed by atoms with Crippen LogP contribution in [0.5, 0.6) is 0 Å². The van der Waals surface area contributed by atoms with E-state index in [2.05, 4.69) is 0 Å². The van der Waals surface area contributed by atoms with E-state index in [1.807, 2.05) is 13.8 Å². The normalized spacial score (nSPS) is 12.3. The zero-order valence-electron chi connectivity index (χ0n) is 7.13. The SMILES string of the molecule is CC(C)(N)CCC=CC(N)=O. The van der Waals surface area contributed by atoms with Crippen molar-refractivity contribution in [2.45, 2.75) is 32.2 Å². The molecule has 0 aliphatic rings. The lowest BCUT2D eigenvalue weighted by Gasteiger charge is -2.16. The molecule has 0 heterocycles. The predicted octanol–water partition coefficient (Wildman–Crippen LogP) is 0.545. The van der Waals surface area contributed by atoms with Gasteiger partial charge in [0.1, 0.15) is 0 Å². The van der Waals surface area contributed by atoms with Gasteiger partial charge >= 0.3 is 0 Å². The van der Waals surface area contributed by atoms with Crippen LogP contribution in [0.2, 0.25) is 0 Å². The molecule has 0 saturated heterocycles. The highest BCUT2D eigenvalue weighted by atomic mass is 16.1. The Balaban J connectivity index is 3.50. The Bertz CT molecular complexity index is 156. The van der Waals surface area contributed by atoms with E-state index in [0.29, 0.717) is 0 Å². The first-order valence-electron chi connectivity index (χ1n) is 3.67. The molecule has 0 spiro atoms. The van der Waals surface area contributed by atoms with E-state index in [-0.39, 0.29) is 5.54 Å². The highest BCUT2D eigenvalue weighted by Crippen LogP contribution is 2.06. The van der Waals surface area contributed by atoms with Crippen molar-refractivity contribution >= 4 is 5.91 Å². The number of primary amides is 1. The second-order valence-corrected chi connectivity index (χ2v) is 3.33. The molecule has 3 heteroatoms. The van der Waals surface area contributed by atoms with E-state index in [9.17, 15) is 4.79 Å². The molecule has 0 rings (SSSR count). The van der Waals surface area contributed by atoms with Crippen LogP contribution in [0, 0.1) is 0 Å². The summed E-state index contributed by atoms with van der Waals surface area (Å²) < 4.78 is 0. The van der Waals surface area contributed by atoms with E-state index in [0.717, 1.165) is 12.8 Å². The molecule has 0 aromatic rings. The summed E-state index contributed by atoms with van der Waals surface area (Å²) in [5.41, 5.74) is 10.4. The summed E-state index contributed by atoms with van der Waals surface area (Å²) in [5.74, 6) is -0.403. The fraction of sp³-hybridized carbons (Fsp3) is 0.625. The van der Waals surface area contributed by atoms with Crippen LogP contribution in [-0.4, -0.2) is 11.4 Å². The van der Waals surface area contributed by atoms with E-state index in [1.165, 1.54) is 6.08 Å². The highest BCUT2D eigenvalue weighted by Gasteiger charge is 2.07. The zero-order valence-corrected chi connectivity index (χ0v) is 7.13. The lowest BCUT2D eigenvalue weighted by atomic mass is 10.0. The standard InChI is InChI=1S/C8H16N2O/c1-8(2,10)6-4-3-5-7(9)11/h3,5H,4,6,10H2,1-2H3,(H2,9,11). The summed E-state index contributed by atoms with van der Waals surface area (Å²) in [6, 6.07) is 0. The Morgan fingerprint density at radius 1 is 1.55 bits per heavy atom.